The molecule has 1 aliphatic carbocycles. The number of carboxylic acid groups (broad SMARTS) is 1. The summed E-state index contributed by atoms with van der Waals surface area (Å²) in [6, 6.07) is 14.9. The van der Waals surface area contributed by atoms with Gasteiger partial charge in [-0.2, -0.15) is 0 Å². The molecule has 0 spiro atoms. The van der Waals surface area contributed by atoms with Crippen LogP contribution in [0.15, 0.2) is 48.5 Å². The van der Waals surface area contributed by atoms with Crippen molar-refractivity contribution < 1.29 is 14.7 Å². The second-order valence-corrected chi connectivity index (χ2v) is 9.95. The number of aliphatic carboxylic acids is 1. The Morgan fingerprint density at radius 3 is 2.39 bits per heavy atom. The lowest BCUT2D eigenvalue weighted by Gasteiger charge is -2.45. The van der Waals surface area contributed by atoms with Crippen LogP contribution in [0.1, 0.15) is 68.0 Å². The molecular weight excluding hydrogens is 433 g/mol. The molecule has 3 atom stereocenters. The number of hydrogen-bond donors (Lipinski definition) is 2. The molecular formula is C25H27Cl2NO3. The molecule has 164 valence electrons. The monoisotopic (exact) mass is 459 g/mol. The quantitative estimate of drug-likeness (QED) is 0.526. The molecule has 1 amide bonds. The van der Waals surface area contributed by atoms with Gasteiger partial charge in [-0.05, 0) is 54.2 Å². The third-order valence-electron chi connectivity index (χ3n) is 6.93. The van der Waals surface area contributed by atoms with E-state index in [-0.39, 0.29) is 24.3 Å². The summed E-state index contributed by atoms with van der Waals surface area (Å²) in [6.45, 7) is 0. The molecule has 2 aromatic carbocycles. The summed E-state index contributed by atoms with van der Waals surface area (Å²) in [7, 11) is 0. The molecule has 2 fully saturated rings. The van der Waals surface area contributed by atoms with Crippen molar-refractivity contribution in [2.75, 3.05) is 0 Å². The Bertz CT molecular complexity index is 955. The Balaban J connectivity index is 1.75. The molecule has 31 heavy (non-hydrogen) atoms. The van der Waals surface area contributed by atoms with E-state index in [1.807, 2.05) is 48.5 Å². The maximum absolute atomic E-state index is 13.5. The Morgan fingerprint density at radius 2 is 1.74 bits per heavy atom. The minimum absolute atomic E-state index is 0.0849. The van der Waals surface area contributed by atoms with Gasteiger partial charge in [-0.25, -0.2) is 0 Å². The second kappa shape index (κ2) is 9.22. The van der Waals surface area contributed by atoms with E-state index >= 15 is 0 Å². The van der Waals surface area contributed by atoms with Crippen molar-refractivity contribution in [1.29, 1.82) is 0 Å². The summed E-state index contributed by atoms with van der Waals surface area (Å²) < 4.78 is 0. The van der Waals surface area contributed by atoms with Crippen molar-refractivity contribution in [1.82, 2.24) is 5.32 Å². The molecule has 0 aromatic heterocycles. The maximum atomic E-state index is 13.5. The van der Waals surface area contributed by atoms with Gasteiger partial charge >= 0.3 is 5.97 Å². The zero-order chi connectivity index (χ0) is 22.0. The first-order valence-electron chi connectivity index (χ1n) is 10.9. The van der Waals surface area contributed by atoms with Gasteiger partial charge in [0.15, 0.2) is 0 Å². The molecule has 1 saturated carbocycles. The standard InChI is InChI=1S/C25H27Cl2NO3/c26-19-10-8-17(9-11-19)23-21(18-6-3-7-20(27)12-18)14-25(15-22(29)30,24(31)28-23)13-16-4-1-2-5-16/h3,6-12,16,21,23H,1-2,4-5,13-15H2,(H,28,31)(H,29,30)/t21-,23-,25-/m1/s1. The van der Waals surface area contributed by atoms with Crippen molar-refractivity contribution in [3.05, 3.63) is 69.7 Å². The van der Waals surface area contributed by atoms with Crippen molar-refractivity contribution in [3.8, 4) is 0 Å². The van der Waals surface area contributed by atoms with Crippen molar-refractivity contribution in [2.45, 2.75) is 56.9 Å². The van der Waals surface area contributed by atoms with Crippen LogP contribution in [0, 0.1) is 11.3 Å². The van der Waals surface area contributed by atoms with Crippen LogP contribution in [0.25, 0.3) is 0 Å². The highest BCUT2D eigenvalue weighted by Crippen LogP contribution is 2.51. The van der Waals surface area contributed by atoms with E-state index in [2.05, 4.69) is 5.32 Å². The number of halogens is 2. The molecule has 1 heterocycles. The van der Waals surface area contributed by atoms with Crippen LogP contribution >= 0.6 is 23.2 Å². The second-order valence-electron chi connectivity index (χ2n) is 9.07. The summed E-state index contributed by atoms with van der Waals surface area (Å²) in [5.74, 6) is -0.765. The van der Waals surface area contributed by atoms with Gasteiger partial charge < -0.3 is 10.4 Å². The number of carbonyl (C=O) groups excluding carboxylic acids is 1. The molecule has 0 radical (unpaired) electrons. The molecule has 0 bridgehead atoms. The van der Waals surface area contributed by atoms with Crippen LogP contribution in [-0.4, -0.2) is 17.0 Å². The molecule has 6 heteroatoms. The van der Waals surface area contributed by atoms with Crippen LogP contribution in [-0.2, 0) is 9.59 Å². The molecule has 2 aromatic rings. The summed E-state index contributed by atoms with van der Waals surface area (Å²) in [5.41, 5.74) is 1.04. The van der Waals surface area contributed by atoms with E-state index in [9.17, 15) is 14.7 Å². The van der Waals surface area contributed by atoms with Crippen LogP contribution in [0.3, 0.4) is 0 Å². The largest absolute Gasteiger partial charge is 0.481 e. The van der Waals surface area contributed by atoms with Crippen molar-refractivity contribution in [2.24, 2.45) is 11.3 Å². The molecule has 4 nitrogen and oxygen atoms in total. The number of amides is 1. The van der Waals surface area contributed by atoms with Gasteiger partial charge in [-0.15, -0.1) is 0 Å². The van der Waals surface area contributed by atoms with E-state index < -0.39 is 11.4 Å². The first-order chi connectivity index (χ1) is 14.9. The zero-order valence-corrected chi connectivity index (χ0v) is 18.8. The molecule has 0 unspecified atom stereocenters. The lowest BCUT2D eigenvalue weighted by Crippen LogP contribution is -2.52. The average Bonchev–Trinajstić information content (AvgIpc) is 3.23. The van der Waals surface area contributed by atoms with Gasteiger partial charge in [0.05, 0.1) is 17.9 Å². The Morgan fingerprint density at radius 1 is 1.03 bits per heavy atom. The lowest BCUT2D eigenvalue weighted by atomic mass is 9.64. The van der Waals surface area contributed by atoms with Crippen LogP contribution in [0.5, 0.6) is 0 Å². The topological polar surface area (TPSA) is 66.4 Å². The number of nitrogens with one attached hydrogen (secondary N) is 1. The molecule has 4 rings (SSSR count). The van der Waals surface area contributed by atoms with E-state index in [0.717, 1.165) is 36.8 Å². The van der Waals surface area contributed by atoms with Gasteiger partial charge in [0.1, 0.15) is 0 Å². The Labute approximate surface area is 192 Å². The molecule has 1 saturated heterocycles. The third-order valence-corrected chi connectivity index (χ3v) is 7.42. The van der Waals surface area contributed by atoms with Gasteiger partial charge in [0.25, 0.3) is 0 Å². The average molecular weight is 460 g/mol. The summed E-state index contributed by atoms with van der Waals surface area (Å²) >= 11 is 12.4. The fraction of sp³-hybridized carbons (Fsp3) is 0.440. The molecule has 2 N–H and O–H groups in total. The predicted octanol–water partition coefficient (Wildman–Crippen LogP) is 6.38. The van der Waals surface area contributed by atoms with Gasteiger partial charge in [-0.3, -0.25) is 9.59 Å². The first-order valence-corrected chi connectivity index (χ1v) is 11.7. The number of benzene rings is 2. The number of hydrogen-bond acceptors (Lipinski definition) is 2. The SMILES string of the molecule is O=C(O)C[C@@]1(CC2CCCC2)C[C@H](c2cccc(Cl)c2)[C@@H](c2ccc(Cl)cc2)NC1=O. The highest BCUT2D eigenvalue weighted by molar-refractivity contribution is 6.30. The number of carbonyl (C=O) groups is 2. The summed E-state index contributed by atoms with van der Waals surface area (Å²) in [6.07, 6.45) is 5.39. The fourth-order valence-electron chi connectivity index (χ4n) is 5.52. The highest BCUT2D eigenvalue weighted by atomic mass is 35.5. The number of rotatable bonds is 6. The third kappa shape index (κ3) is 4.91. The normalized spacial score (nSPS) is 26.6. The van der Waals surface area contributed by atoms with Crippen molar-refractivity contribution >= 4 is 35.1 Å². The van der Waals surface area contributed by atoms with Gasteiger partial charge in [-0.1, -0.05) is 73.2 Å². The number of carboxylic acids is 1. The Hall–Kier alpha value is -2.04. The molecule has 1 aliphatic heterocycles. The lowest BCUT2D eigenvalue weighted by molar-refractivity contribution is -0.149. The minimum Gasteiger partial charge on any atom is -0.481 e. The van der Waals surface area contributed by atoms with E-state index in [1.54, 1.807) is 0 Å². The first kappa shape index (κ1) is 22.2. The Kier molecular flexibility index (Phi) is 6.59. The van der Waals surface area contributed by atoms with Crippen molar-refractivity contribution in [3.63, 3.8) is 0 Å². The molecule has 2 aliphatic rings. The predicted molar refractivity (Wildman–Crippen MR) is 122 cm³/mol. The van der Waals surface area contributed by atoms with Crippen LogP contribution in [0.4, 0.5) is 0 Å². The highest BCUT2D eigenvalue weighted by Gasteiger charge is 2.50. The van der Waals surface area contributed by atoms with E-state index in [0.29, 0.717) is 28.8 Å². The van der Waals surface area contributed by atoms with Crippen LogP contribution < -0.4 is 5.32 Å². The smallest absolute Gasteiger partial charge is 0.304 e. The van der Waals surface area contributed by atoms with E-state index in [1.165, 1.54) is 0 Å². The number of piperidine rings is 1. The summed E-state index contributed by atoms with van der Waals surface area (Å²) in [4.78, 5) is 25.4. The van der Waals surface area contributed by atoms with E-state index in [4.69, 9.17) is 23.2 Å². The fourth-order valence-corrected chi connectivity index (χ4v) is 5.84. The summed E-state index contributed by atoms with van der Waals surface area (Å²) in [5, 5.41) is 14.2. The van der Waals surface area contributed by atoms with Gasteiger partial charge in [0, 0.05) is 16.0 Å². The minimum atomic E-state index is -0.928. The maximum Gasteiger partial charge on any atom is 0.304 e. The van der Waals surface area contributed by atoms with Gasteiger partial charge in [0.2, 0.25) is 5.91 Å². The van der Waals surface area contributed by atoms with Crippen LogP contribution in [0.2, 0.25) is 10.0 Å². The zero-order valence-electron chi connectivity index (χ0n) is 17.3.